The zero-order valence-electron chi connectivity index (χ0n) is 19.5. The summed E-state index contributed by atoms with van der Waals surface area (Å²) in [6, 6.07) is -0.470. The third-order valence-corrected chi connectivity index (χ3v) is 9.44. The van der Waals surface area contributed by atoms with E-state index in [-0.39, 0.29) is 48.2 Å². The average Bonchev–Trinajstić information content (AvgIpc) is 3.05. The first-order valence-corrected chi connectivity index (χ1v) is 12.5. The van der Waals surface area contributed by atoms with Crippen LogP contribution in [0.1, 0.15) is 72.1 Å². The molecule has 1 N–H and O–H groups in total. The number of Topliss-reactive ketones (excluding diaryl/α,β-unsaturated/α-hetero) is 1. The molecule has 0 bridgehead atoms. The fourth-order valence-electron chi connectivity index (χ4n) is 7.81. The number of alkyl halides is 1. The summed E-state index contributed by atoms with van der Waals surface area (Å²) in [4.78, 5) is 50.4. The highest BCUT2D eigenvalue weighted by atomic mass is 35.5. The van der Waals surface area contributed by atoms with E-state index in [9.17, 15) is 24.3 Å². The lowest BCUT2D eigenvalue weighted by molar-refractivity contribution is -0.203. The van der Waals surface area contributed by atoms with E-state index in [0.29, 0.717) is 19.3 Å². The lowest BCUT2D eigenvalue weighted by Crippen LogP contribution is -2.63. The summed E-state index contributed by atoms with van der Waals surface area (Å²) in [6.07, 6.45) is 4.86. The van der Waals surface area contributed by atoms with Crippen molar-refractivity contribution in [3.05, 3.63) is 11.6 Å². The highest BCUT2D eigenvalue weighted by Gasteiger charge is 2.71. The van der Waals surface area contributed by atoms with E-state index in [1.807, 2.05) is 6.92 Å². The van der Waals surface area contributed by atoms with Gasteiger partial charge in [-0.25, -0.2) is 4.79 Å². The van der Waals surface area contributed by atoms with Crippen molar-refractivity contribution in [1.29, 1.82) is 0 Å². The molecular weight excluding hydrogens is 448 g/mol. The quantitative estimate of drug-likeness (QED) is 0.364. The minimum atomic E-state index is -1.68. The number of carbonyl (C=O) groups excluding carboxylic acids is 4. The monoisotopic (exact) mass is 480 g/mol. The molecule has 0 saturated heterocycles. The first-order valence-electron chi connectivity index (χ1n) is 12.0. The number of halogens is 1. The number of rotatable bonds is 5. The maximum Gasteiger partial charge on any atom is 0.380 e. The van der Waals surface area contributed by atoms with Crippen molar-refractivity contribution in [2.24, 2.45) is 28.6 Å². The molecule has 7 nitrogen and oxygen atoms in total. The van der Waals surface area contributed by atoms with Gasteiger partial charge in [0, 0.05) is 18.3 Å². The summed E-state index contributed by atoms with van der Waals surface area (Å²) >= 11 is 5.53. The zero-order chi connectivity index (χ0) is 24.2. The predicted molar refractivity (Wildman–Crippen MR) is 119 cm³/mol. The van der Waals surface area contributed by atoms with Crippen LogP contribution in [0.4, 0.5) is 0 Å². The van der Waals surface area contributed by atoms with Crippen molar-refractivity contribution in [3.8, 4) is 0 Å². The van der Waals surface area contributed by atoms with E-state index in [0.717, 1.165) is 18.4 Å². The second-order valence-electron chi connectivity index (χ2n) is 10.6. The SMILES string of the molecule is CCC(=O)O[C@]1(C(=O)C(=O)OCCl)CC[C@H]2[C@@H]3CCC4=CC(=O)CC[C@]4(C)[C@H]3[C@@H](O)C[C@@]21C. The smallest absolute Gasteiger partial charge is 0.380 e. The van der Waals surface area contributed by atoms with E-state index in [2.05, 4.69) is 6.92 Å². The molecule has 182 valence electrons. The van der Waals surface area contributed by atoms with E-state index in [1.165, 1.54) is 0 Å². The summed E-state index contributed by atoms with van der Waals surface area (Å²) < 4.78 is 10.6. The molecule has 7 atom stereocenters. The van der Waals surface area contributed by atoms with Gasteiger partial charge in [0.25, 0.3) is 5.78 Å². The Morgan fingerprint density at radius 3 is 2.58 bits per heavy atom. The van der Waals surface area contributed by atoms with Crippen LogP contribution in [0.25, 0.3) is 0 Å². The molecule has 8 heteroatoms. The molecule has 0 aromatic heterocycles. The Morgan fingerprint density at radius 1 is 1.18 bits per heavy atom. The summed E-state index contributed by atoms with van der Waals surface area (Å²) in [5.41, 5.74) is -1.75. The molecule has 0 unspecified atom stereocenters. The molecule has 0 radical (unpaired) electrons. The van der Waals surface area contributed by atoms with Crippen molar-refractivity contribution in [3.63, 3.8) is 0 Å². The Labute approximate surface area is 199 Å². The summed E-state index contributed by atoms with van der Waals surface area (Å²) in [7, 11) is 0. The Kier molecular flexibility index (Phi) is 6.28. The van der Waals surface area contributed by atoms with Crippen molar-refractivity contribution in [2.75, 3.05) is 6.07 Å². The van der Waals surface area contributed by atoms with E-state index in [1.54, 1.807) is 13.0 Å². The Hall–Kier alpha value is -1.73. The standard InChI is InChI=1S/C25H33ClO7/c1-4-19(29)33-25(21(30)22(31)32-13-26)10-8-17-16-6-5-14-11-15(27)7-9-23(14,2)20(16)18(28)12-24(17,25)3/h11,16-18,20,28H,4-10,12-13H2,1-3H3/t16-,17-,18-,20+,23-,24-,25-/m0/s1. The molecule has 3 saturated carbocycles. The van der Waals surface area contributed by atoms with Gasteiger partial charge in [0.15, 0.2) is 17.5 Å². The number of carbonyl (C=O) groups is 4. The van der Waals surface area contributed by atoms with E-state index < -0.39 is 40.9 Å². The highest BCUT2D eigenvalue weighted by Crippen LogP contribution is 2.68. The van der Waals surface area contributed by atoms with Gasteiger partial charge in [-0.1, -0.05) is 37.9 Å². The van der Waals surface area contributed by atoms with Crippen molar-refractivity contribution < 1.29 is 33.8 Å². The van der Waals surface area contributed by atoms with Crippen LogP contribution < -0.4 is 0 Å². The number of hydrogen-bond acceptors (Lipinski definition) is 7. The van der Waals surface area contributed by atoms with Gasteiger partial charge < -0.3 is 14.6 Å². The van der Waals surface area contributed by atoms with Crippen LogP contribution in [-0.4, -0.2) is 46.4 Å². The fraction of sp³-hybridized carbons (Fsp3) is 0.760. The Bertz CT molecular complexity index is 912. The number of esters is 2. The maximum atomic E-state index is 13.4. The molecule has 4 aliphatic rings. The van der Waals surface area contributed by atoms with E-state index >= 15 is 0 Å². The summed E-state index contributed by atoms with van der Waals surface area (Å²) in [5.74, 6) is -2.40. The molecular formula is C25H33ClO7. The normalized spacial score (nSPS) is 41.8. The number of ether oxygens (including phenoxy) is 2. The van der Waals surface area contributed by atoms with Gasteiger partial charge in [-0.05, 0) is 67.8 Å². The molecule has 4 aliphatic carbocycles. The molecule has 33 heavy (non-hydrogen) atoms. The van der Waals surface area contributed by atoms with Crippen LogP contribution in [0.15, 0.2) is 11.6 Å². The lowest BCUT2D eigenvalue weighted by atomic mass is 9.45. The lowest BCUT2D eigenvalue weighted by Gasteiger charge is -2.60. The van der Waals surface area contributed by atoms with Crippen molar-refractivity contribution >= 4 is 35.1 Å². The first-order chi connectivity index (χ1) is 15.5. The molecule has 4 rings (SSSR count). The summed E-state index contributed by atoms with van der Waals surface area (Å²) in [6.45, 7) is 5.66. The van der Waals surface area contributed by atoms with Crippen LogP contribution in [0, 0.1) is 28.6 Å². The van der Waals surface area contributed by atoms with Crippen LogP contribution in [0.3, 0.4) is 0 Å². The molecule has 0 aromatic carbocycles. The van der Waals surface area contributed by atoms with Gasteiger partial charge in [0.1, 0.15) is 0 Å². The number of hydrogen-bond donors (Lipinski definition) is 1. The van der Waals surface area contributed by atoms with Gasteiger partial charge in [0.2, 0.25) is 0 Å². The van der Waals surface area contributed by atoms with Crippen LogP contribution >= 0.6 is 11.6 Å². The number of ketones is 2. The van der Waals surface area contributed by atoms with Gasteiger partial charge in [0.05, 0.1) is 6.10 Å². The third-order valence-electron chi connectivity index (χ3n) is 9.33. The molecule has 0 heterocycles. The number of allylic oxidation sites excluding steroid dienone is 1. The predicted octanol–water partition coefficient (Wildman–Crippen LogP) is 3.49. The van der Waals surface area contributed by atoms with E-state index in [4.69, 9.17) is 21.1 Å². The Morgan fingerprint density at radius 2 is 1.91 bits per heavy atom. The van der Waals surface area contributed by atoms with Crippen LogP contribution in [0.5, 0.6) is 0 Å². The summed E-state index contributed by atoms with van der Waals surface area (Å²) in [5, 5.41) is 11.5. The topological polar surface area (TPSA) is 107 Å². The van der Waals surface area contributed by atoms with Gasteiger partial charge in [-0.15, -0.1) is 0 Å². The van der Waals surface area contributed by atoms with Gasteiger partial charge in [-0.3, -0.25) is 14.4 Å². The maximum absolute atomic E-state index is 13.4. The highest BCUT2D eigenvalue weighted by molar-refractivity contribution is 6.38. The van der Waals surface area contributed by atoms with Gasteiger partial charge in [-0.2, -0.15) is 0 Å². The molecule has 3 fully saturated rings. The molecule has 0 aliphatic heterocycles. The number of fused-ring (bicyclic) bond motifs is 5. The number of aliphatic hydroxyl groups is 1. The second kappa shape index (κ2) is 8.49. The first kappa shape index (κ1) is 24.4. The van der Waals surface area contributed by atoms with Gasteiger partial charge >= 0.3 is 11.9 Å². The molecule has 0 aromatic rings. The van der Waals surface area contributed by atoms with Crippen LogP contribution in [0.2, 0.25) is 0 Å². The zero-order valence-corrected chi connectivity index (χ0v) is 20.3. The average molecular weight is 481 g/mol. The Balaban J connectivity index is 1.75. The minimum Gasteiger partial charge on any atom is -0.450 e. The number of aliphatic hydroxyl groups excluding tert-OH is 1. The third kappa shape index (κ3) is 3.49. The fourth-order valence-corrected chi connectivity index (χ4v) is 7.91. The van der Waals surface area contributed by atoms with Crippen LogP contribution in [-0.2, 0) is 28.7 Å². The molecule has 0 spiro atoms. The second-order valence-corrected chi connectivity index (χ2v) is 10.9. The minimum absolute atomic E-state index is 0.0145. The largest absolute Gasteiger partial charge is 0.450 e. The van der Waals surface area contributed by atoms with Crippen molar-refractivity contribution in [1.82, 2.24) is 0 Å². The van der Waals surface area contributed by atoms with Crippen molar-refractivity contribution in [2.45, 2.75) is 83.8 Å². The molecule has 0 amide bonds.